The summed E-state index contributed by atoms with van der Waals surface area (Å²) in [6, 6.07) is 2.44. The number of hydrogen-bond donors (Lipinski definition) is 1. The Kier molecular flexibility index (Phi) is 3.71. The molecule has 2 rings (SSSR count). The highest BCUT2D eigenvalue weighted by molar-refractivity contribution is 5.27. The molecule has 1 saturated carbocycles. The zero-order chi connectivity index (χ0) is 13.3. The minimum atomic E-state index is -0.336. The van der Waals surface area contributed by atoms with Crippen LogP contribution in [-0.2, 0) is 0 Å². The van der Waals surface area contributed by atoms with E-state index in [9.17, 15) is 8.78 Å². The SMILES string of the molecule is CCC1(CNC(C)c2cc(F)c(C)cc2F)CC1. The Balaban J connectivity index is 2.04. The molecule has 0 bridgehead atoms. The van der Waals surface area contributed by atoms with E-state index in [1.165, 1.54) is 25.0 Å². The van der Waals surface area contributed by atoms with Crippen molar-refractivity contribution in [3.8, 4) is 0 Å². The molecule has 1 nitrogen and oxygen atoms in total. The molecule has 1 fully saturated rings. The standard InChI is InChI=1S/C15H21F2N/c1-4-15(5-6-15)9-18-11(3)12-8-13(16)10(2)7-14(12)17/h7-8,11,18H,4-6,9H2,1-3H3. The van der Waals surface area contributed by atoms with Gasteiger partial charge in [-0.2, -0.15) is 0 Å². The van der Waals surface area contributed by atoms with Crippen LogP contribution in [0.2, 0.25) is 0 Å². The summed E-state index contributed by atoms with van der Waals surface area (Å²) in [5.41, 5.74) is 1.19. The smallest absolute Gasteiger partial charge is 0.128 e. The van der Waals surface area contributed by atoms with Crippen LogP contribution < -0.4 is 5.32 Å². The van der Waals surface area contributed by atoms with Crippen molar-refractivity contribution in [1.82, 2.24) is 5.32 Å². The van der Waals surface area contributed by atoms with Crippen LogP contribution in [-0.4, -0.2) is 6.54 Å². The Morgan fingerprint density at radius 2 is 1.94 bits per heavy atom. The molecular formula is C15H21F2N. The Labute approximate surface area is 108 Å². The van der Waals surface area contributed by atoms with Crippen molar-refractivity contribution in [3.05, 3.63) is 34.9 Å². The lowest BCUT2D eigenvalue weighted by Gasteiger charge is -2.20. The molecule has 0 heterocycles. The van der Waals surface area contributed by atoms with Gasteiger partial charge in [0.15, 0.2) is 0 Å². The first-order valence-electron chi connectivity index (χ1n) is 6.66. The van der Waals surface area contributed by atoms with Crippen LogP contribution in [0.1, 0.15) is 50.3 Å². The molecule has 0 saturated heterocycles. The number of benzene rings is 1. The quantitative estimate of drug-likeness (QED) is 0.832. The van der Waals surface area contributed by atoms with Gasteiger partial charge in [0.2, 0.25) is 0 Å². The molecule has 18 heavy (non-hydrogen) atoms. The molecule has 1 unspecified atom stereocenters. The Hall–Kier alpha value is -0.960. The number of rotatable bonds is 5. The molecule has 3 heteroatoms. The van der Waals surface area contributed by atoms with Crippen LogP contribution in [0, 0.1) is 24.0 Å². The van der Waals surface area contributed by atoms with E-state index in [2.05, 4.69) is 12.2 Å². The number of aryl methyl sites for hydroxylation is 1. The lowest BCUT2D eigenvalue weighted by Crippen LogP contribution is -2.27. The maximum atomic E-state index is 13.8. The average molecular weight is 253 g/mol. The maximum Gasteiger partial charge on any atom is 0.128 e. The van der Waals surface area contributed by atoms with E-state index in [0.29, 0.717) is 16.5 Å². The van der Waals surface area contributed by atoms with Gasteiger partial charge in [0, 0.05) is 18.2 Å². The van der Waals surface area contributed by atoms with Gasteiger partial charge in [-0.25, -0.2) is 8.78 Å². The summed E-state index contributed by atoms with van der Waals surface area (Å²) < 4.78 is 27.3. The lowest BCUT2D eigenvalue weighted by atomic mass is 10.0. The van der Waals surface area contributed by atoms with E-state index in [-0.39, 0.29) is 17.7 Å². The van der Waals surface area contributed by atoms with Crippen LogP contribution in [0.5, 0.6) is 0 Å². The van der Waals surface area contributed by atoms with Crippen LogP contribution in [0.25, 0.3) is 0 Å². The third-order valence-electron chi connectivity index (χ3n) is 4.23. The Morgan fingerprint density at radius 3 is 2.50 bits per heavy atom. The molecule has 1 atom stereocenters. The minimum absolute atomic E-state index is 0.149. The highest BCUT2D eigenvalue weighted by Crippen LogP contribution is 2.48. The monoisotopic (exact) mass is 253 g/mol. The van der Waals surface area contributed by atoms with Gasteiger partial charge in [-0.1, -0.05) is 6.92 Å². The third kappa shape index (κ3) is 2.72. The second-order valence-corrected chi connectivity index (χ2v) is 5.58. The van der Waals surface area contributed by atoms with Crippen molar-refractivity contribution in [3.63, 3.8) is 0 Å². The molecule has 0 amide bonds. The van der Waals surface area contributed by atoms with E-state index < -0.39 is 0 Å². The second kappa shape index (κ2) is 4.96. The fourth-order valence-corrected chi connectivity index (χ4v) is 2.31. The molecule has 1 aromatic rings. The fourth-order valence-electron chi connectivity index (χ4n) is 2.31. The van der Waals surface area contributed by atoms with Gasteiger partial charge in [0.25, 0.3) is 0 Å². The number of nitrogens with one attached hydrogen (secondary N) is 1. The molecule has 0 aromatic heterocycles. The summed E-state index contributed by atoms with van der Waals surface area (Å²) in [6.07, 6.45) is 3.64. The normalized spacial score (nSPS) is 18.7. The highest BCUT2D eigenvalue weighted by atomic mass is 19.1. The Bertz CT molecular complexity index is 438. The highest BCUT2D eigenvalue weighted by Gasteiger charge is 2.40. The first-order chi connectivity index (χ1) is 8.47. The van der Waals surface area contributed by atoms with Crippen LogP contribution in [0.15, 0.2) is 12.1 Å². The summed E-state index contributed by atoms with van der Waals surface area (Å²) in [7, 11) is 0. The summed E-state index contributed by atoms with van der Waals surface area (Å²) in [6.45, 7) is 6.54. The van der Waals surface area contributed by atoms with E-state index in [4.69, 9.17) is 0 Å². The predicted octanol–water partition coefficient (Wildman–Crippen LogP) is 4.11. The van der Waals surface area contributed by atoms with Gasteiger partial charge in [-0.05, 0) is 56.2 Å². The third-order valence-corrected chi connectivity index (χ3v) is 4.23. The Morgan fingerprint density at radius 1 is 1.28 bits per heavy atom. The largest absolute Gasteiger partial charge is 0.310 e. The van der Waals surface area contributed by atoms with Gasteiger partial charge in [0.1, 0.15) is 11.6 Å². The van der Waals surface area contributed by atoms with Crippen molar-refractivity contribution in [2.45, 2.75) is 46.1 Å². The van der Waals surface area contributed by atoms with Gasteiger partial charge < -0.3 is 5.32 Å². The van der Waals surface area contributed by atoms with E-state index >= 15 is 0 Å². The number of halogens is 2. The fraction of sp³-hybridized carbons (Fsp3) is 0.600. The first kappa shape index (κ1) is 13.5. The van der Waals surface area contributed by atoms with E-state index in [0.717, 1.165) is 13.0 Å². The molecule has 0 aliphatic heterocycles. The van der Waals surface area contributed by atoms with E-state index in [1.807, 2.05) is 6.92 Å². The second-order valence-electron chi connectivity index (χ2n) is 5.58. The topological polar surface area (TPSA) is 12.0 Å². The maximum absolute atomic E-state index is 13.8. The molecule has 1 aliphatic carbocycles. The van der Waals surface area contributed by atoms with E-state index in [1.54, 1.807) is 6.92 Å². The molecular weight excluding hydrogens is 232 g/mol. The molecule has 0 spiro atoms. The summed E-state index contributed by atoms with van der Waals surface area (Å²) in [4.78, 5) is 0. The average Bonchev–Trinajstić information content (AvgIpc) is 3.11. The first-order valence-corrected chi connectivity index (χ1v) is 6.66. The van der Waals surface area contributed by atoms with Crippen molar-refractivity contribution >= 4 is 0 Å². The molecule has 1 aliphatic rings. The minimum Gasteiger partial charge on any atom is -0.310 e. The van der Waals surface area contributed by atoms with Crippen molar-refractivity contribution < 1.29 is 8.78 Å². The van der Waals surface area contributed by atoms with Crippen molar-refractivity contribution in [2.24, 2.45) is 5.41 Å². The van der Waals surface area contributed by atoms with Gasteiger partial charge in [0.05, 0.1) is 0 Å². The number of hydrogen-bond acceptors (Lipinski definition) is 1. The van der Waals surface area contributed by atoms with Crippen LogP contribution in [0.3, 0.4) is 0 Å². The summed E-state index contributed by atoms with van der Waals surface area (Å²) in [5.74, 6) is -0.660. The molecule has 1 aromatic carbocycles. The van der Waals surface area contributed by atoms with Gasteiger partial charge >= 0.3 is 0 Å². The zero-order valence-electron chi connectivity index (χ0n) is 11.3. The molecule has 0 radical (unpaired) electrons. The zero-order valence-corrected chi connectivity index (χ0v) is 11.3. The van der Waals surface area contributed by atoms with Crippen molar-refractivity contribution in [1.29, 1.82) is 0 Å². The van der Waals surface area contributed by atoms with Crippen LogP contribution >= 0.6 is 0 Å². The van der Waals surface area contributed by atoms with Gasteiger partial charge in [-0.3, -0.25) is 0 Å². The molecule has 1 N–H and O–H groups in total. The lowest BCUT2D eigenvalue weighted by molar-refractivity contribution is 0.408. The molecule has 100 valence electrons. The van der Waals surface area contributed by atoms with Crippen molar-refractivity contribution in [2.75, 3.05) is 6.54 Å². The summed E-state index contributed by atoms with van der Waals surface area (Å²) >= 11 is 0. The predicted molar refractivity (Wildman–Crippen MR) is 69.5 cm³/mol. The van der Waals surface area contributed by atoms with Crippen LogP contribution in [0.4, 0.5) is 8.78 Å². The van der Waals surface area contributed by atoms with Gasteiger partial charge in [-0.15, -0.1) is 0 Å². The summed E-state index contributed by atoms with van der Waals surface area (Å²) in [5, 5.41) is 3.33.